The summed E-state index contributed by atoms with van der Waals surface area (Å²) in [6.07, 6.45) is -0.0233. The Morgan fingerprint density at radius 1 is 0.917 bits per heavy atom. The van der Waals surface area contributed by atoms with E-state index in [0.717, 1.165) is 4.90 Å². The number of imide groups is 1. The summed E-state index contributed by atoms with van der Waals surface area (Å²) in [7, 11) is 0. The molecule has 0 spiro atoms. The standard InChI is InChI=1S/C16H10Cl4N2O2/c17-8-3-1-5-10(14(8)19)21-11-7-13(23)22(16(11)24)12-6-2-4-9(18)15(12)20/h1-6,11,21H,7H2/t11-/m1/s1. The fourth-order valence-corrected chi connectivity index (χ4v) is 3.20. The molecule has 2 aromatic carbocycles. The molecule has 0 unspecified atom stereocenters. The summed E-state index contributed by atoms with van der Waals surface area (Å²) in [5.74, 6) is -0.806. The number of hydrogen-bond donors (Lipinski definition) is 1. The molecule has 0 radical (unpaired) electrons. The monoisotopic (exact) mass is 402 g/mol. The number of nitrogens with zero attached hydrogens (tertiary/aromatic N) is 1. The second-order valence-electron chi connectivity index (χ2n) is 5.14. The molecule has 0 bridgehead atoms. The van der Waals surface area contributed by atoms with Crippen molar-refractivity contribution in [2.24, 2.45) is 0 Å². The van der Waals surface area contributed by atoms with Gasteiger partial charge in [0.15, 0.2) is 0 Å². The number of hydrogen-bond acceptors (Lipinski definition) is 3. The van der Waals surface area contributed by atoms with Gasteiger partial charge in [0.2, 0.25) is 5.91 Å². The molecular weight excluding hydrogens is 394 g/mol. The summed E-state index contributed by atoms with van der Waals surface area (Å²) < 4.78 is 0. The number of benzene rings is 2. The molecule has 1 saturated heterocycles. The molecule has 4 nitrogen and oxygen atoms in total. The van der Waals surface area contributed by atoms with Crippen LogP contribution in [0.2, 0.25) is 20.1 Å². The average Bonchev–Trinajstić information content (AvgIpc) is 2.81. The molecule has 1 N–H and O–H groups in total. The van der Waals surface area contributed by atoms with Crippen LogP contribution in [-0.2, 0) is 9.59 Å². The van der Waals surface area contributed by atoms with Crippen molar-refractivity contribution in [3.63, 3.8) is 0 Å². The number of carbonyl (C=O) groups excluding carboxylic acids is 2. The zero-order valence-corrected chi connectivity index (χ0v) is 15.0. The van der Waals surface area contributed by atoms with Crippen LogP contribution in [0.3, 0.4) is 0 Å². The largest absolute Gasteiger partial charge is 0.372 e. The van der Waals surface area contributed by atoms with E-state index in [2.05, 4.69) is 5.32 Å². The Hall–Kier alpha value is -1.46. The molecule has 0 saturated carbocycles. The number of halogens is 4. The average molecular weight is 404 g/mol. The summed E-state index contributed by atoms with van der Waals surface area (Å²) in [6.45, 7) is 0. The molecule has 1 atom stereocenters. The zero-order valence-electron chi connectivity index (χ0n) is 12.0. The van der Waals surface area contributed by atoms with Gasteiger partial charge in [-0.3, -0.25) is 9.59 Å². The lowest BCUT2D eigenvalue weighted by atomic mass is 10.2. The van der Waals surface area contributed by atoms with Gasteiger partial charge < -0.3 is 5.32 Å². The third-order valence-electron chi connectivity index (χ3n) is 3.60. The smallest absolute Gasteiger partial charge is 0.256 e. The van der Waals surface area contributed by atoms with E-state index in [0.29, 0.717) is 15.7 Å². The first-order chi connectivity index (χ1) is 11.4. The second-order valence-corrected chi connectivity index (χ2v) is 6.71. The first kappa shape index (κ1) is 17.4. The van der Waals surface area contributed by atoms with E-state index in [-0.39, 0.29) is 28.1 Å². The van der Waals surface area contributed by atoms with E-state index >= 15 is 0 Å². The van der Waals surface area contributed by atoms with Crippen molar-refractivity contribution in [1.29, 1.82) is 0 Å². The fourth-order valence-electron chi connectivity index (χ4n) is 2.47. The van der Waals surface area contributed by atoms with Gasteiger partial charge in [0, 0.05) is 0 Å². The Morgan fingerprint density at radius 2 is 1.54 bits per heavy atom. The van der Waals surface area contributed by atoms with Crippen LogP contribution in [-0.4, -0.2) is 17.9 Å². The van der Waals surface area contributed by atoms with E-state index in [1.807, 2.05) is 0 Å². The minimum atomic E-state index is -0.761. The first-order valence-electron chi connectivity index (χ1n) is 6.91. The van der Waals surface area contributed by atoms with Crippen LogP contribution in [0.4, 0.5) is 11.4 Å². The van der Waals surface area contributed by atoms with E-state index < -0.39 is 11.9 Å². The van der Waals surface area contributed by atoms with Crippen molar-refractivity contribution >= 4 is 69.6 Å². The summed E-state index contributed by atoms with van der Waals surface area (Å²) in [5.41, 5.74) is 0.745. The minimum absolute atomic E-state index is 0.0233. The topological polar surface area (TPSA) is 49.4 Å². The van der Waals surface area contributed by atoms with Crippen LogP contribution in [0, 0.1) is 0 Å². The van der Waals surface area contributed by atoms with Crippen molar-refractivity contribution in [1.82, 2.24) is 0 Å². The highest BCUT2D eigenvalue weighted by atomic mass is 35.5. The Kier molecular flexibility index (Phi) is 4.92. The maximum atomic E-state index is 12.6. The van der Waals surface area contributed by atoms with Gasteiger partial charge in [-0.25, -0.2) is 4.90 Å². The predicted octanol–water partition coefficient (Wildman–Crippen LogP) is 5.04. The zero-order chi connectivity index (χ0) is 17.4. The number of rotatable bonds is 3. The van der Waals surface area contributed by atoms with Gasteiger partial charge >= 0.3 is 0 Å². The van der Waals surface area contributed by atoms with Crippen LogP contribution in [0.25, 0.3) is 0 Å². The van der Waals surface area contributed by atoms with Crippen LogP contribution in [0.15, 0.2) is 36.4 Å². The molecule has 24 heavy (non-hydrogen) atoms. The second kappa shape index (κ2) is 6.81. The Labute approximate surface area is 158 Å². The number of amides is 2. The SMILES string of the molecule is O=C1C[C@@H](Nc2cccc(Cl)c2Cl)C(=O)N1c1cccc(Cl)c1Cl. The first-order valence-corrected chi connectivity index (χ1v) is 8.42. The summed E-state index contributed by atoms with van der Waals surface area (Å²) in [4.78, 5) is 26.0. The third-order valence-corrected chi connectivity index (χ3v) is 5.23. The molecule has 1 fully saturated rings. The molecule has 2 amide bonds. The van der Waals surface area contributed by atoms with Gasteiger partial charge in [0.25, 0.3) is 5.91 Å². The van der Waals surface area contributed by atoms with Crippen LogP contribution in [0.1, 0.15) is 6.42 Å². The van der Waals surface area contributed by atoms with Crippen molar-refractivity contribution < 1.29 is 9.59 Å². The van der Waals surface area contributed by atoms with Crippen LogP contribution < -0.4 is 10.2 Å². The molecule has 1 aliphatic rings. The van der Waals surface area contributed by atoms with Gasteiger partial charge in [-0.15, -0.1) is 0 Å². The maximum absolute atomic E-state index is 12.6. The summed E-state index contributed by atoms with van der Waals surface area (Å²) >= 11 is 24.2. The van der Waals surface area contributed by atoms with Gasteiger partial charge in [-0.1, -0.05) is 58.5 Å². The molecule has 1 aliphatic heterocycles. The van der Waals surface area contributed by atoms with Gasteiger partial charge in [0.1, 0.15) is 6.04 Å². The molecule has 124 valence electrons. The lowest BCUT2D eigenvalue weighted by Gasteiger charge is -2.18. The third kappa shape index (κ3) is 3.07. The minimum Gasteiger partial charge on any atom is -0.372 e. The Bertz CT molecular complexity index is 841. The number of carbonyl (C=O) groups is 2. The quantitative estimate of drug-likeness (QED) is 0.730. The van der Waals surface area contributed by atoms with Crippen LogP contribution >= 0.6 is 46.4 Å². The van der Waals surface area contributed by atoms with E-state index in [1.54, 1.807) is 36.4 Å². The Morgan fingerprint density at radius 3 is 2.25 bits per heavy atom. The van der Waals surface area contributed by atoms with E-state index in [4.69, 9.17) is 46.4 Å². The highest BCUT2D eigenvalue weighted by molar-refractivity contribution is 6.45. The van der Waals surface area contributed by atoms with Crippen molar-refractivity contribution in [3.8, 4) is 0 Å². The molecule has 8 heteroatoms. The Balaban J connectivity index is 1.89. The lowest BCUT2D eigenvalue weighted by molar-refractivity contribution is -0.121. The molecule has 3 rings (SSSR count). The molecular formula is C16H10Cl4N2O2. The predicted molar refractivity (Wildman–Crippen MR) is 97.4 cm³/mol. The molecule has 0 aromatic heterocycles. The molecule has 2 aromatic rings. The highest BCUT2D eigenvalue weighted by Gasteiger charge is 2.40. The molecule has 1 heterocycles. The summed E-state index contributed by atoms with van der Waals surface area (Å²) in [6, 6.07) is 9.03. The van der Waals surface area contributed by atoms with E-state index in [9.17, 15) is 9.59 Å². The number of anilines is 2. The van der Waals surface area contributed by atoms with Crippen molar-refractivity contribution in [2.45, 2.75) is 12.5 Å². The van der Waals surface area contributed by atoms with Gasteiger partial charge in [0.05, 0.1) is 37.9 Å². The van der Waals surface area contributed by atoms with E-state index in [1.165, 1.54) is 0 Å². The van der Waals surface area contributed by atoms with Crippen molar-refractivity contribution in [3.05, 3.63) is 56.5 Å². The fraction of sp³-hybridized carbons (Fsp3) is 0.125. The van der Waals surface area contributed by atoms with Gasteiger partial charge in [-0.2, -0.15) is 0 Å². The highest BCUT2D eigenvalue weighted by Crippen LogP contribution is 2.36. The lowest BCUT2D eigenvalue weighted by Crippen LogP contribution is -2.35. The van der Waals surface area contributed by atoms with Gasteiger partial charge in [-0.05, 0) is 24.3 Å². The maximum Gasteiger partial charge on any atom is 0.256 e. The molecule has 0 aliphatic carbocycles. The normalized spacial score (nSPS) is 17.5. The van der Waals surface area contributed by atoms with Crippen LogP contribution in [0.5, 0.6) is 0 Å². The summed E-state index contributed by atoms with van der Waals surface area (Å²) in [5, 5.41) is 4.03. The van der Waals surface area contributed by atoms with Crippen molar-refractivity contribution in [2.75, 3.05) is 10.2 Å². The number of nitrogens with one attached hydrogen (secondary N) is 1.